The van der Waals surface area contributed by atoms with Crippen LogP contribution in [0.4, 0.5) is 0 Å². The zero-order valence-electron chi connectivity index (χ0n) is 11.5. The Balaban J connectivity index is 2.67. The van der Waals surface area contributed by atoms with E-state index in [2.05, 4.69) is 0 Å². The van der Waals surface area contributed by atoms with Crippen molar-refractivity contribution in [1.29, 1.82) is 0 Å². The molecule has 1 aliphatic rings. The predicted octanol–water partition coefficient (Wildman–Crippen LogP) is -0.978. The third-order valence-electron chi connectivity index (χ3n) is 3.18. The molecule has 2 bridgehead atoms. The van der Waals surface area contributed by atoms with Crippen LogP contribution in [0.5, 0.6) is 23.0 Å². The molecule has 9 heteroatoms. The summed E-state index contributed by atoms with van der Waals surface area (Å²) in [5.41, 5.74) is 10.7. The summed E-state index contributed by atoms with van der Waals surface area (Å²) >= 11 is 0. The Kier molecular flexibility index (Phi) is 4.50. The number of hydrogen-bond acceptors (Lipinski definition) is 9. The van der Waals surface area contributed by atoms with Crippen molar-refractivity contribution in [2.75, 3.05) is 6.54 Å². The number of esters is 2. The number of nitrogens with two attached hydrogens (primary N) is 2. The fourth-order valence-corrected chi connectivity index (χ4v) is 1.99. The van der Waals surface area contributed by atoms with Crippen LogP contribution in [0.25, 0.3) is 0 Å². The number of aliphatic hydroxyl groups is 1. The van der Waals surface area contributed by atoms with Crippen LogP contribution in [0.3, 0.4) is 0 Å². The maximum absolute atomic E-state index is 11.9. The third-order valence-corrected chi connectivity index (χ3v) is 3.18. The zero-order chi connectivity index (χ0) is 16.4. The molecule has 0 aliphatic carbocycles. The van der Waals surface area contributed by atoms with E-state index >= 15 is 0 Å². The fourth-order valence-electron chi connectivity index (χ4n) is 1.99. The lowest BCUT2D eigenvalue weighted by molar-refractivity contribution is -0.138. The van der Waals surface area contributed by atoms with Gasteiger partial charge in [-0.15, -0.1) is 0 Å². The maximum Gasteiger partial charge on any atom is 0.328 e. The van der Waals surface area contributed by atoms with Gasteiger partial charge in [0.05, 0.1) is 11.7 Å². The monoisotopic (exact) mass is 312 g/mol. The molecule has 2 rings (SSSR count). The number of hydrogen-bond donors (Lipinski definition) is 5. The van der Waals surface area contributed by atoms with Gasteiger partial charge in [0.15, 0.2) is 11.5 Å². The van der Waals surface area contributed by atoms with Gasteiger partial charge in [0.25, 0.3) is 0 Å². The first kappa shape index (κ1) is 16.0. The van der Waals surface area contributed by atoms with Gasteiger partial charge in [0.1, 0.15) is 11.8 Å². The zero-order valence-corrected chi connectivity index (χ0v) is 11.5. The first-order chi connectivity index (χ1) is 10.3. The number of fused-ring (bicyclic) bond motifs is 2. The van der Waals surface area contributed by atoms with E-state index in [9.17, 15) is 24.9 Å². The molecule has 0 radical (unpaired) electrons. The number of benzene rings is 1. The summed E-state index contributed by atoms with van der Waals surface area (Å²) in [6.07, 6.45) is -1.57. The average molecular weight is 312 g/mol. The molecule has 9 nitrogen and oxygen atoms in total. The SMILES string of the molecule is NC[C@H](O)c1c2cc(O)c(O)c1OC(=O)[C@H](N)CCC(=O)O2. The van der Waals surface area contributed by atoms with Crippen LogP contribution in [0.2, 0.25) is 0 Å². The summed E-state index contributed by atoms with van der Waals surface area (Å²) in [5, 5.41) is 29.5. The van der Waals surface area contributed by atoms with E-state index < -0.39 is 41.3 Å². The molecule has 2 atom stereocenters. The lowest BCUT2D eigenvalue weighted by atomic mass is 10.0. The highest BCUT2D eigenvalue weighted by atomic mass is 16.6. The largest absolute Gasteiger partial charge is 0.504 e. The van der Waals surface area contributed by atoms with Crippen molar-refractivity contribution in [3.05, 3.63) is 11.6 Å². The van der Waals surface area contributed by atoms with Gasteiger partial charge in [-0.3, -0.25) is 4.79 Å². The highest BCUT2D eigenvalue weighted by Gasteiger charge is 2.30. The minimum absolute atomic E-state index is 0.0105. The second kappa shape index (κ2) is 6.18. The lowest BCUT2D eigenvalue weighted by Gasteiger charge is -2.22. The number of aromatic hydroxyl groups is 2. The number of rotatable bonds is 2. The number of aliphatic hydroxyl groups excluding tert-OH is 1. The van der Waals surface area contributed by atoms with Crippen LogP contribution in [0, 0.1) is 0 Å². The molecule has 22 heavy (non-hydrogen) atoms. The molecule has 0 fully saturated rings. The second-order valence-corrected chi connectivity index (χ2v) is 4.78. The van der Waals surface area contributed by atoms with Crippen LogP contribution in [-0.2, 0) is 9.59 Å². The highest BCUT2D eigenvalue weighted by molar-refractivity contribution is 5.83. The smallest absolute Gasteiger partial charge is 0.328 e. The molecule has 1 aliphatic heterocycles. The van der Waals surface area contributed by atoms with Crippen molar-refractivity contribution in [3.8, 4) is 23.0 Å². The number of carbonyl (C=O) groups excluding carboxylic acids is 2. The standard InChI is InChI=1S/C13H16N2O7/c14-4-7(17)10-8-3-6(16)11(19)12(10)22-13(20)5(15)1-2-9(18)21-8/h3,5,7,16-17,19H,1-2,4,14-15H2/t5-,7+/m1/s1. The third kappa shape index (κ3) is 2.96. The molecule has 1 aromatic rings. The number of carbonyl (C=O) groups is 2. The van der Waals surface area contributed by atoms with Crippen LogP contribution in [0.1, 0.15) is 24.5 Å². The molecule has 0 unspecified atom stereocenters. The first-order valence-corrected chi connectivity index (χ1v) is 6.50. The quantitative estimate of drug-likeness (QED) is 0.262. The van der Waals surface area contributed by atoms with Crippen molar-refractivity contribution in [3.63, 3.8) is 0 Å². The van der Waals surface area contributed by atoms with Crippen LogP contribution < -0.4 is 20.9 Å². The van der Waals surface area contributed by atoms with E-state index in [4.69, 9.17) is 20.9 Å². The van der Waals surface area contributed by atoms with E-state index in [0.29, 0.717) is 0 Å². The predicted molar refractivity (Wildman–Crippen MR) is 72.3 cm³/mol. The van der Waals surface area contributed by atoms with Gasteiger partial charge in [-0.1, -0.05) is 0 Å². The van der Waals surface area contributed by atoms with Crippen molar-refractivity contribution >= 4 is 11.9 Å². The van der Waals surface area contributed by atoms with Crippen LogP contribution in [0.15, 0.2) is 6.07 Å². The lowest BCUT2D eigenvalue weighted by Crippen LogP contribution is -2.36. The van der Waals surface area contributed by atoms with Gasteiger partial charge in [-0.05, 0) is 6.42 Å². The molecule has 7 N–H and O–H groups in total. The molecular weight excluding hydrogens is 296 g/mol. The van der Waals surface area contributed by atoms with E-state index in [-0.39, 0.29) is 30.7 Å². The van der Waals surface area contributed by atoms with E-state index in [1.165, 1.54) is 0 Å². The Morgan fingerprint density at radius 3 is 2.64 bits per heavy atom. The summed E-state index contributed by atoms with van der Waals surface area (Å²) in [5.74, 6) is -3.91. The van der Waals surface area contributed by atoms with E-state index in [1.54, 1.807) is 0 Å². The van der Waals surface area contributed by atoms with Crippen LogP contribution >= 0.6 is 0 Å². The van der Waals surface area contributed by atoms with Crippen LogP contribution in [-0.4, -0.2) is 39.8 Å². The minimum atomic E-state index is -1.40. The molecule has 1 heterocycles. The van der Waals surface area contributed by atoms with Crippen molar-refractivity contribution in [1.82, 2.24) is 0 Å². The number of phenols is 2. The molecule has 120 valence electrons. The fraction of sp³-hybridized carbons (Fsp3) is 0.385. The Hall–Kier alpha value is -2.36. The average Bonchev–Trinajstić information content (AvgIpc) is 2.48. The molecular formula is C13H16N2O7. The summed E-state index contributed by atoms with van der Waals surface area (Å²) in [6, 6.07) is -0.195. The highest BCUT2D eigenvalue weighted by Crippen LogP contribution is 2.47. The number of ether oxygens (including phenoxy) is 2. The van der Waals surface area contributed by atoms with E-state index in [1.807, 2.05) is 0 Å². The van der Waals surface area contributed by atoms with E-state index in [0.717, 1.165) is 6.07 Å². The van der Waals surface area contributed by atoms with Crippen molar-refractivity contribution < 1.29 is 34.4 Å². The summed E-state index contributed by atoms with van der Waals surface area (Å²) < 4.78 is 10.00. The van der Waals surface area contributed by atoms with Gasteiger partial charge >= 0.3 is 11.9 Å². The number of phenolic OH excluding ortho intramolecular Hbond substituents is 2. The summed E-state index contributed by atoms with van der Waals surface area (Å²) in [4.78, 5) is 23.6. The maximum atomic E-state index is 11.9. The minimum Gasteiger partial charge on any atom is -0.504 e. The molecule has 0 aromatic heterocycles. The molecule has 1 aromatic carbocycles. The molecule has 0 saturated heterocycles. The Labute approximate surface area is 125 Å². The Bertz CT molecular complexity index is 617. The second-order valence-electron chi connectivity index (χ2n) is 4.78. The Morgan fingerprint density at radius 1 is 1.32 bits per heavy atom. The normalized spacial score (nSPS) is 20.0. The Morgan fingerprint density at radius 2 is 2.00 bits per heavy atom. The molecule has 0 amide bonds. The van der Waals surface area contributed by atoms with Gasteiger partial charge in [-0.2, -0.15) is 0 Å². The van der Waals surface area contributed by atoms with Gasteiger partial charge in [0, 0.05) is 19.0 Å². The molecule has 0 saturated carbocycles. The summed E-state index contributed by atoms with van der Waals surface area (Å²) in [7, 11) is 0. The summed E-state index contributed by atoms with van der Waals surface area (Å²) in [6.45, 7) is -0.300. The van der Waals surface area contributed by atoms with Gasteiger partial charge in [0.2, 0.25) is 5.75 Å². The van der Waals surface area contributed by atoms with Gasteiger partial charge < -0.3 is 36.3 Å². The first-order valence-electron chi connectivity index (χ1n) is 6.50. The van der Waals surface area contributed by atoms with Crippen molar-refractivity contribution in [2.45, 2.75) is 25.0 Å². The van der Waals surface area contributed by atoms with Gasteiger partial charge in [-0.25, -0.2) is 4.79 Å². The van der Waals surface area contributed by atoms with Crippen molar-refractivity contribution in [2.24, 2.45) is 11.5 Å². The topological polar surface area (TPSA) is 165 Å². The molecule has 0 spiro atoms.